The normalized spacial score (nSPS) is 19.2. The molecule has 8 heteroatoms. The minimum Gasteiger partial charge on any atom is -0.479 e. The molecule has 78 valence electrons. The van der Waals surface area contributed by atoms with E-state index in [-0.39, 0.29) is 0 Å². The Kier molecular flexibility index (Phi) is 3.74. The van der Waals surface area contributed by atoms with Crippen molar-refractivity contribution in [2.24, 2.45) is 0 Å². The van der Waals surface area contributed by atoms with Gasteiger partial charge in [-0.1, -0.05) is 0 Å². The largest absolute Gasteiger partial charge is 0.567 e. The summed E-state index contributed by atoms with van der Waals surface area (Å²) < 4.78 is 4.11. The van der Waals surface area contributed by atoms with Crippen LogP contribution in [0.3, 0.4) is 0 Å². The first kappa shape index (κ1) is 12.7. The van der Waals surface area contributed by atoms with Crippen LogP contribution in [0, 0.1) is 0 Å². The second-order valence-electron chi connectivity index (χ2n) is 2.71. The molecule has 0 fully saturated rings. The van der Waals surface area contributed by atoms with Gasteiger partial charge < -0.3 is 10.2 Å². The van der Waals surface area contributed by atoms with E-state index in [0.29, 0.717) is 0 Å². The highest BCUT2D eigenvalue weighted by Crippen LogP contribution is 2.48. The van der Waals surface area contributed by atoms with Crippen LogP contribution in [0.1, 0.15) is 13.8 Å². The van der Waals surface area contributed by atoms with Crippen LogP contribution in [0.2, 0.25) is 0 Å². The van der Waals surface area contributed by atoms with E-state index >= 15 is 0 Å². The summed E-state index contributed by atoms with van der Waals surface area (Å²) in [5.74, 6) is -1.59. The first-order valence-corrected chi connectivity index (χ1v) is 4.85. The Bertz CT molecular complexity index is 196. The van der Waals surface area contributed by atoms with E-state index in [9.17, 15) is 9.90 Å². The van der Waals surface area contributed by atoms with Crippen molar-refractivity contribution in [1.29, 1.82) is 0 Å². The van der Waals surface area contributed by atoms with Gasteiger partial charge in [0.15, 0.2) is 5.60 Å². The molecule has 0 saturated heterocycles. The van der Waals surface area contributed by atoms with Crippen LogP contribution in [-0.4, -0.2) is 42.6 Å². The monoisotopic (exact) mass is 215 g/mol. The Morgan fingerprint density at radius 1 is 1.46 bits per heavy atom. The molecule has 0 aliphatic heterocycles. The van der Waals surface area contributed by atoms with Gasteiger partial charge in [-0.05, 0) is 13.8 Å². The Labute approximate surface area is 74.9 Å². The van der Waals surface area contributed by atoms with E-state index in [1.165, 1.54) is 0 Å². The van der Waals surface area contributed by atoms with Crippen LogP contribution in [-0.2, 0) is 9.32 Å². The molecule has 0 spiro atoms. The zero-order valence-corrected chi connectivity index (χ0v) is 7.97. The number of aliphatic carboxylic acids is 1. The average molecular weight is 215 g/mol. The van der Waals surface area contributed by atoms with E-state index in [4.69, 9.17) is 19.8 Å². The van der Waals surface area contributed by atoms with E-state index in [0.717, 1.165) is 13.8 Å². The molecule has 0 radical (unpaired) electrons. The molecule has 0 heterocycles. The van der Waals surface area contributed by atoms with Gasteiger partial charge in [-0.3, -0.25) is 0 Å². The van der Waals surface area contributed by atoms with Gasteiger partial charge in [0, 0.05) is 0 Å². The van der Waals surface area contributed by atoms with E-state index in [2.05, 4.69) is 4.52 Å². The summed E-state index contributed by atoms with van der Waals surface area (Å²) in [6.07, 6.45) is -1.45. The maximum Gasteiger partial charge on any atom is 0.567 e. The van der Waals surface area contributed by atoms with Crippen molar-refractivity contribution < 1.29 is 34.2 Å². The molecule has 2 unspecified atom stereocenters. The van der Waals surface area contributed by atoms with Crippen molar-refractivity contribution in [2.75, 3.05) is 0 Å². The lowest BCUT2D eigenvalue weighted by atomic mass is 10.0. The molecule has 0 aliphatic rings. The Morgan fingerprint density at radius 2 is 1.85 bits per heavy atom. The second-order valence-corrected chi connectivity index (χ2v) is 3.95. The summed E-state index contributed by atoms with van der Waals surface area (Å²) in [5, 5.41) is 17.6. The van der Waals surface area contributed by atoms with Gasteiger partial charge in [0.05, 0.1) is 0 Å². The Hall–Kier alpha value is -0.300. The molecule has 0 aromatic rings. The third-order valence-electron chi connectivity index (χ3n) is 1.52. The van der Waals surface area contributed by atoms with Crippen molar-refractivity contribution in [1.82, 2.24) is 0 Å². The molecule has 0 rings (SSSR count). The molecule has 0 amide bonds. The number of rotatable bonds is 4. The summed E-state index contributed by atoms with van der Waals surface area (Å²) in [4.78, 5) is 35.7. The van der Waals surface area contributed by atoms with Gasteiger partial charge >= 0.3 is 14.1 Å². The number of carboxylic acid groups (broad SMARTS) is 1. The van der Waals surface area contributed by atoms with Gasteiger partial charge in [0.25, 0.3) is 0 Å². The highest BCUT2D eigenvalue weighted by molar-refractivity contribution is 7.53. The third kappa shape index (κ3) is 3.95. The fourth-order valence-electron chi connectivity index (χ4n) is 0.489. The summed E-state index contributed by atoms with van der Waals surface area (Å²) in [7, 11) is -4.53. The number of hydrogen-bond acceptors (Lipinski definition) is 6. The quantitative estimate of drug-likeness (QED) is 0.376. The molecule has 5 N–H and O–H groups in total. The van der Waals surface area contributed by atoms with Gasteiger partial charge in [-0.15, -0.1) is 4.52 Å². The fraction of sp³-hybridized carbons (Fsp3) is 0.800. The van der Waals surface area contributed by atoms with E-state index in [1.807, 2.05) is 0 Å². The van der Waals surface area contributed by atoms with Gasteiger partial charge in [0.2, 0.25) is 0 Å². The summed E-state index contributed by atoms with van der Waals surface area (Å²) in [6.45, 7) is 2.00. The van der Waals surface area contributed by atoms with Crippen LogP contribution in [0.15, 0.2) is 0 Å². The lowest BCUT2D eigenvalue weighted by Gasteiger charge is -2.23. The van der Waals surface area contributed by atoms with Crippen LogP contribution in [0.4, 0.5) is 0 Å². The minimum absolute atomic E-state index is 0.912. The first-order chi connectivity index (χ1) is 5.57. The molecule has 0 aliphatic carbocycles. The predicted octanol–water partition coefficient (Wildman–Crippen LogP) is -1.12. The van der Waals surface area contributed by atoms with Crippen molar-refractivity contribution in [3.63, 3.8) is 0 Å². The standard InChI is InChI=1S/C5H11O7P/c1-3(12-13(9,10)11)5(2,8)4(6)7/h3,8-11H,1-2H3/p+1. The van der Waals surface area contributed by atoms with Crippen LogP contribution in [0.25, 0.3) is 0 Å². The molecule has 13 heavy (non-hydrogen) atoms. The first-order valence-electron chi connectivity index (χ1n) is 3.29. The zero-order valence-electron chi connectivity index (χ0n) is 7.08. The van der Waals surface area contributed by atoms with Crippen molar-refractivity contribution >= 4 is 14.1 Å². The van der Waals surface area contributed by atoms with Gasteiger partial charge in [-0.25, -0.2) is 4.79 Å². The number of aliphatic hydroxyl groups is 1. The lowest BCUT2D eigenvalue weighted by Crippen LogP contribution is -2.46. The second kappa shape index (κ2) is 3.83. The molecule has 0 saturated carbocycles. The van der Waals surface area contributed by atoms with E-state index in [1.54, 1.807) is 0 Å². The van der Waals surface area contributed by atoms with Crippen LogP contribution >= 0.6 is 8.17 Å². The Morgan fingerprint density at radius 3 is 2.08 bits per heavy atom. The molecule has 0 bridgehead atoms. The predicted molar refractivity (Wildman–Crippen MR) is 42.4 cm³/mol. The number of carbonyl (C=O) groups is 1. The van der Waals surface area contributed by atoms with Gasteiger partial charge in [-0.2, -0.15) is 14.7 Å². The minimum atomic E-state index is -4.53. The average Bonchev–Trinajstić information content (AvgIpc) is 1.82. The molecule has 2 atom stereocenters. The SMILES string of the molecule is CC(O[P+](O)(O)O)C(C)(O)C(=O)O. The third-order valence-corrected chi connectivity index (χ3v) is 2.12. The fourth-order valence-corrected chi connectivity index (χ4v) is 1.12. The summed E-state index contributed by atoms with van der Waals surface area (Å²) in [5.41, 5.74) is -2.29. The zero-order chi connectivity index (χ0) is 10.9. The van der Waals surface area contributed by atoms with Crippen molar-refractivity contribution in [3.05, 3.63) is 0 Å². The van der Waals surface area contributed by atoms with Crippen LogP contribution in [0.5, 0.6) is 0 Å². The summed E-state index contributed by atoms with van der Waals surface area (Å²) >= 11 is 0. The van der Waals surface area contributed by atoms with Crippen molar-refractivity contribution in [3.8, 4) is 0 Å². The molecule has 7 nitrogen and oxygen atoms in total. The van der Waals surface area contributed by atoms with Gasteiger partial charge in [0.1, 0.15) is 6.10 Å². The molecular weight excluding hydrogens is 203 g/mol. The topological polar surface area (TPSA) is 127 Å². The molecular formula is C5H12O7P+. The highest BCUT2D eigenvalue weighted by atomic mass is 31.2. The van der Waals surface area contributed by atoms with E-state index < -0.39 is 25.8 Å². The maximum absolute atomic E-state index is 10.4. The lowest BCUT2D eigenvalue weighted by molar-refractivity contribution is -0.166. The van der Waals surface area contributed by atoms with Crippen molar-refractivity contribution in [2.45, 2.75) is 25.6 Å². The maximum atomic E-state index is 10.4. The Balaban J connectivity index is 4.43. The smallest absolute Gasteiger partial charge is 0.479 e. The highest BCUT2D eigenvalue weighted by Gasteiger charge is 2.47. The summed E-state index contributed by atoms with van der Waals surface area (Å²) in [6, 6.07) is 0. The number of carboxylic acids is 1. The molecule has 0 aromatic carbocycles. The van der Waals surface area contributed by atoms with Crippen LogP contribution < -0.4 is 0 Å². The molecule has 0 aromatic heterocycles. The number of hydrogen-bond donors (Lipinski definition) is 5.